The van der Waals surface area contributed by atoms with E-state index in [0.717, 1.165) is 0 Å². The molecular weight excluding hydrogens is 273 g/mol. The minimum absolute atomic E-state index is 0.574. The molecule has 0 saturated carbocycles. The molecule has 20 heavy (non-hydrogen) atoms. The zero-order valence-corrected chi connectivity index (χ0v) is 10.1. The van der Waals surface area contributed by atoms with Crippen molar-refractivity contribution in [3.8, 4) is 12.3 Å². The number of halogens is 1. The largest absolute Gasteiger partial charge is 0.394 e. The van der Waals surface area contributed by atoms with Gasteiger partial charge in [-0.1, -0.05) is 5.92 Å². The summed E-state index contributed by atoms with van der Waals surface area (Å²) in [6.07, 6.45) is 1.31. The number of nitrogens with zero attached hydrogens (tertiary/aromatic N) is 2. The fourth-order valence-corrected chi connectivity index (χ4v) is 1.98. The summed E-state index contributed by atoms with van der Waals surface area (Å²) in [5.41, 5.74) is 1.80. The van der Waals surface area contributed by atoms with Crippen molar-refractivity contribution in [1.82, 2.24) is 9.55 Å². The van der Waals surface area contributed by atoms with Crippen molar-refractivity contribution in [2.45, 2.75) is 24.0 Å². The Balaban J connectivity index is 2.55. The molecule has 0 bridgehead atoms. The van der Waals surface area contributed by atoms with Gasteiger partial charge in [0, 0.05) is 0 Å². The SMILES string of the molecule is C#CC1(O)C(O)[C@@H](CO)O[C@H]1n1cc(F)c(N)nc1=O. The van der Waals surface area contributed by atoms with E-state index in [0.29, 0.717) is 10.8 Å². The van der Waals surface area contributed by atoms with Gasteiger partial charge >= 0.3 is 5.69 Å². The summed E-state index contributed by atoms with van der Waals surface area (Å²) in [5.74, 6) is 0.256. The first-order valence-corrected chi connectivity index (χ1v) is 5.53. The third-order valence-corrected chi connectivity index (χ3v) is 3.08. The van der Waals surface area contributed by atoms with E-state index in [9.17, 15) is 19.4 Å². The number of aliphatic hydroxyl groups excluding tert-OH is 2. The third-order valence-electron chi connectivity index (χ3n) is 3.08. The normalized spacial score (nSPS) is 33.0. The molecule has 1 aromatic rings. The first kappa shape index (κ1) is 14.4. The molecule has 9 heteroatoms. The van der Waals surface area contributed by atoms with Gasteiger partial charge in [0.05, 0.1) is 12.8 Å². The second kappa shape index (κ2) is 4.84. The van der Waals surface area contributed by atoms with Crippen LogP contribution in [-0.4, -0.2) is 49.3 Å². The highest BCUT2D eigenvalue weighted by molar-refractivity contribution is 5.27. The van der Waals surface area contributed by atoms with Gasteiger partial charge in [-0.05, 0) is 0 Å². The van der Waals surface area contributed by atoms with Gasteiger partial charge in [0.2, 0.25) is 0 Å². The van der Waals surface area contributed by atoms with Gasteiger partial charge in [-0.3, -0.25) is 4.57 Å². The van der Waals surface area contributed by atoms with Crippen LogP contribution in [0, 0.1) is 18.2 Å². The molecule has 1 aliphatic rings. The molecule has 8 nitrogen and oxygen atoms in total. The van der Waals surface area contributed by atoms with Gasteiger partial charge in [0.1, 0.15) is 12.2 Å². The Kier molecular flexibility index (Phi) is 3.49. The van der Waals surface area contributed by atoms with Gasteiger partial charge in [0.15, 0.2) is 23.5 Å². The second-order valence-corrected chi connectivity index (χ2v) is 4.29. The van der Waals surface area contributed by atoms with Crippen LogP contribution in [0.15, 0.2) is 11.0 Å². The Morgan fingerprint density at radius 1 is 1.70 bits per heavy atom. The highest BCUT2D eigenvalue weighted by Crippen LogP contribution is 2.37. The number of rotatable bonds is 2. The van der Waals surface area contributed by atoms with Crippen LogP contribution in [0.4, 0.5) is 10.2 Å². The number of nitrogens with two attached hydrogens (primary N) is 1. The van der Waals surface area contributed by atoms with Crippen LogP contribution in [0.5, 0.6) is 0 Å². The molecule has 0 radical (unpaired) electrons. The molecule has 2 heterocycles. The van der Waals surface area contributed by atoms with E-state index in [1.807, 2.05) is 5.92 Å². The van der Waals surface area contributed by atoms with E-state index >= 15 is 0 Å². The second-order valence-electron chi connectivity index (χ2n) is 4.29. The van der Waals surface area contributed by atoms with Gasteiger partial charge in [-0.2, -0.15) is 4.98 Å². The van der Waals surface area contributed by atoms with Crippen LogP contribution in [-0.2, 0) is 4.74 Å². The Morgan fingerprint density at radius 2 is 2.35 bits per heavy atom. The molecular formula is C11H12FN3O5. The van der Waals surface area contributed by atoms with Crippen molar-refractivity contribution < 1.29 is 24.4 Å². The fraction of sp³-hybridized carbons (Fsp3) is 0.455. The van der Waals surface area contributed by atoms with E-state index in [-0.39, 0.29) is 0 Å². The zero-order valence-electron chi connectivity index (χ0n) is 10.1. The number of ether oxygens (including phenoxy) is 1. The predicted molar refractivity (Wildman–Crippen MR) is 63.7 cm³/mol. The maximum Gasteiger partial charge on any atom is 0.351 e. The number of nitrogen functional groups attached to an aromatic ring is 1. The lowest BCUT2D eigenvalue weighted by Crippen LogP contribution is -2.47. The average molecular weight is 285 g/mol. The van der Waals surface area contributed by atoms with E-state index in [2.05, 4.69) is 4.98 Å². The van der Waals surface area contributed by atoms with E-state index in [1.165, 1.54) is 0 Å². The minimum atomic E-state index is -2.32. The molecule has 0 aromatic carbocycles. The molecule has 2 unspecified atom stereocenters. The number of aromatic nitrogens is 2. The standard InChI is InChI=1S/C11H12FN3O5/c1-2-11(19)7(17)6(4-16)20-9(11)15-3-5(12)8(13)14-10(15)18/h1,3,6-7,9,16-17,19H,4H2,(H2,13,14,18)/t6-,7?,9-,11?/m1/s1. The van der Waals surface area contributed by atoms with Crippen LogP contribution in [0.1, 0.15) is 6.23 Å². The topological polar surface area (TPSA) is 131 Å². The predicted octanol–water partition coefficient (Wildman–Crippen LogP) is -2.42. The molecule has 1 saturated heterocycles. The van der Waals surface area contributed by atoms with Gasteiger partial charge in [0.25, 0.3) is 0 Å². The Labute approximate surface area is 112 Å². The van der Waals surface area contributed by atoms with Crippen LogP contribution >= 0.6 is 0 Å². The molecule has 0 aliphatic carbocycles. The van der Waals surface area contributed by atoms with E-state index < -0.39 is 48.0 Å². The Morgan fingerprint density at radius 3 is 2.90 bits per heavy atom. The highest BCUT2D eigenvalue weighted by Gasteiger charge is 2.55. The smallest absolute Gasteiger partial charge is 0.351 e. The van der Waals surface area contributed by atoms with Gasteiger partial charge in [-0.15, -0.1) is 6.42 Å². The lowest BCUT2D eigenvalue weighted by molar-refractivity contribution is -0.0767. The van der Waals surface area contributed by atoms with E-state index in [1.54, 1.807) is 0 Å². The molecule has 0 spiro atoms. The van der Waals surface area contributed by atoms with Crippen LogP contribution in [0.25, 0.3) is 0 Å². The number of hydrogen-bond donors (Lipinski definition) is 4. The summed E-state index contributed by atoms with van der Waals surface area (Å²) in [5, 5.41) is 29.1. The van der Waals surface area contributed by atoms with Gasteiger partial charge < -0.3 is 25.8 Å². The summed E-state index contributed by atoms with van der Waals surface area (Å²) in [6.45, 7) is -0.651. The maximum atomic E-state index is 13.4. The first-order chi connectivity index (χ1) is 9.35. The summed E-state index contributed by atoms with van der Waals surface area (Å²) in [6, 6.07) is 0. The number of aliphatic hydroxyl groups is 3. The summed E-state index contributed by atoms with van der Waals surface area (Å²) < 4.78 is 19.1. The Hall–Kier alpha value is -1.99. The highest BCUT2D eigenvalue weighted by atomic mass is 19.1. The van der Waals surface area contributed by atoms with Crippen LogP contribution in [0.3, 0.4) is 0 Å². The maximum absolute atomic E-state index is 13.4. The van der Waals surface area contributed by atoms with Crippen molar-refractivity contribution in [3.63, 3.8) is 0 Å². The molecule has 1 aliphatic heterocycles. The van der Waals surface area contributed by atoms with Crippen LogP contribution < -0.4 is 11.4 Å². The molecule has 1 fully saturated rings. The number of terminal acetylenes is 1. The summed E-state index contributed by atoms with van der Waals surface area (Å²) in [7, 11) is 0. The van der Waals surface area contributed by atoms with Gasteiger partial charge in [-0.25, -0.2) is 9.18 Å². The molecule has 4 atom stereocenters. The number of anilines is 1. The summed E-state index contributed by atoms with van der Waals surface area (Å²) >= 11 is 0. The molecule has 2 rings (SSSR count). The minimum Gasteiger partial charge on any atom is -0.394 e. The fourth-order valence-electron chi connectivity index (χ4n) is 1.98. The lowest BCUT2D eigenvalue weighted by Gasteiger charge is -2.26. The van der Waals surface area contributed by atoms with Crippen molar-refractivity contribution in [2.24, 2.45) is 0 Å². The van der Waals surface area contributed by atoms with Crippen molar-refractivity contribution in [1.29, 1.82) is 0 Å². The first-order valence-electron chi connectivity index (χ1n) is 5.53. The molecule has 0 amide bonds. The monoisotopic (exact) mass is 285 g/mol. The van der Waals surface area contributed by atoms with Crippen molar-refractivity contribution in [3.05, 3.63) is 22.5 Å². The molecule has 108 valence electrons. The summed E-state index contributed by atoms with van der Waals surface area (Å²) in [4.78, 5) is 14.9. The number of hydrogen-bond acceptors (Lipinski definition) is 7. The third kappa shape index (κ3) is 1.95. The van der Waals surface area contributed by atoms with Crippen molar-refractivity contribution >= 4 is 5.82 Å². The zero-order chi connectivity index (χ0) is 15.1. The molecule has 1 aromatic heterocycles. The van der Waals surface area contributed by atoms with Crippen molar-refractivity contribution in [2.75, 3.05) is 12.3 Å². The quantitative estimate of drug-likeness (QED) is 0.445. The molecule has 5 N–H and O–H groups in total. The van der Waals surface area contributed by atoms with E-state index in [4.69, 9.17) is 22.0 Å². The average Bonchev–Trinajstić information content (AvgIpc) is 2.67. The van der Waals surface area contributed by atoms with Crippen LogP contribution in [0.2, 0.25) is 0 Å². The Bertz CT molecular complexity index is 627. The lowest BCUT2D eigenvalue weighted by atomic mass is 9.95.